The van der Waals surface area contributed by atoms with Gasteiger partial charge in [0.1, 0.15) is 4.90 Å². The van der Waals surface area contributed by atoms with E-state index >= 15 is 0 Å². The fourth-order valence-electron chi connectivity index (χ4n) is 1.70. The Labute approximate surface area is 120 Å². The van der Waals surface area contributed by atoms with Crippen molar-refractivity contribution in [1.82, 2.24) is 14.2 Å². The van der Waals surface area contributed by atoms with Crippen molar-refractivity contribution in [2.45, 2.75) is 18.2 Å². The van der Waals surface area contributed by atoms with Crippen molar-refractivity contribution < 1.29 is 8.42 Å². The number of rotatable bonds is 7. The summed E-state index contributed by atoms with van der Waals surface area (Å²) < 4.78 is 26.3. The SMILES string of the molecule is CCN(CCCN(C)C)S(=O)(=O)c1cnccc1Cl. The fourth-order valence-corrected chi connectivity index (χ4v) is 3.60. The zero-order chi connectivity index (χ0) is 14.5. The Bertz CT molecular complexity index is 505. The Hall–Kier alpha value is -0.690. The lowest BCUT2D eigenvalue weighted by Crippen LogP contribution is -2.33. The molecule has 108 valence electrons. The van der Waals surface area contributed by atoms with Gasteiger partial charge >= 0.3 is 0 Å². The van der Waals surface area contributed by atoms with Crippen molar-refractivity contribution in [2.75, 3.05) is 33.7 Å². The van der Waals surface area contributed by atoms with E-state index in [0.29, 0.717) is 13.1 Å². The zero-order valence-electron chi connectivity index (χ0n) is 11.5. The van der Waals surface area contributed by atoms with E-state index in [2.05, 4.69) is 4.98 Å². The summed E-state index contributed by atoms with van der Waals surface area (Å²) in [6, 6.07) is 1.49. The number of sulfonamides is 1. The highest BCUT2D eigenvalue weighted by atomic mass is 35.5. The van der Waals surface area contributed by atoms with Gasteiger partial charge in [-0.1, -0.05) is 18.5 Å². The topological polar surface area (TPSA) is 53.5 Å². The summed E-state index contributed by atoms with van der Waals surface area (Å²) in [5.74, 6) is 0. The van der Waals surface area contributed by atoms with Crippen molar-refractivity contribution in [2.24, 2.45) is 0 Å². The van der Waals surface area contributed by atoms with E-state index in [1.54, 1.807) is 0 Å². The lowest BCUT2D eigenvalue weighted by molar-refractivity contribution is 0.356. The second kappa shape index (κ2) is 7.19. The van der Waals surface area contributed by atoms with Crippen LogP contribution < -0.4 is 0 Å². The van der Waals surface area contributed by atoms with Crippen LogP contribution in [-0.2, 0) is 10.0 Å². The minimum atomic E-state index is -3.56. The molecule has 0 aliphatic rings. The first-order chi connectivity index (χ1) is 8.89. The van der Waals surface area contributed by atoms with Gasteiger partial charge in [0.05, 0.1) is 5.02 Å². The van der Waals surface area contributed by atoms with Crippen LogP contribution in [0.15, 0.2) is 23.4 Å². The van der Waals surface area contributed by atoms with E-state index in [9.17, 15) is 8.42 Å². The second-order valence-corrected chi connectivity index (χ2v) is 6.77. The molecule has 0 bridgehead atoms. The minimum absolute atomic E-state index is 0.0726. The van der Waals surface area contributed by atoms with Crippen molar-refractivity contribution in [3.05, 3.63) is 23.5 Å². The smallest absolute Gasteiger partial charge is 0.246 e. The van der Waals surface area contributed by atoms with Gasteiger partial charge in [-0.15, -0.1) is 0 Å². The molecule has 0 amide bonds. The van der Waals surface area contributed by atoms with Gasteiger partial charge < -0.3 is 4.90 Å². The molecule has 5 nitrogen and oxygen atoms in total. The molecule has 0 radical (unpaired) electrons. The Morgan fingerprint density at radius 2 is 2.00 bits per heavy atom. The molecule has 0 saturated carbocycles. The van der Waals surface area contributed by atoms with Crippen LogP contribution in [0.5, 0.6) is 0 Å². The van der Waals surface area contributed by atoms with Gasteiger partial charge in [-0.2, -0.15) is 4.31 Å². The van der Waals surface area contributed by atoms with Crippen molar-refractivity contribution in [1.29, 1.82) is 0 Å². The van der Waals surface area contributed by atoms with E-state index in [1.807, 2.05) is 25.9 Å². The predicted octanol–water partition coefficient (Wildman–Crippen LogP) is 1.70. The average molecular weight is 306 g/mol. The summed E-state index contributed by atoms with van der Waals surface area (Å²) in [6.45, 7) is 3.55. The first-order valence-electron chi connectivity index (χ1n) is 6.14. The van der Waals surface area contributed by atoms with Crippen LogP contribution in [0.1, 0.15) is 13.3 Å². The Morgan fingerprint density at radius 1 is 1.32 bits per heavy atom. The molecule has 0 saturated heterocycles. The maximum absolute atomic E-state index is 12.4. The van der Waals surface area contributed by atoms with Gasteiger partial charge in [-0.25, -0.2) is 8.42 Å². The van der Waals surface area contributed by atoms with Crippen LogP contribution in [0.2, 0.25) is 5.02 Å². The molecule has 7 heteroatoms. The molecule has 1 aromatic rings. The van der Waals surface area contributed by atoms with E-state index in [1.165, 1.54) is 22.8 Å². The molecule has 0 N–H and O–H groups in total. The summed E-state index contributed by atoms with van der Waals surface area (Å²) in [7, 11) is 0.363. The van der Waals surface area contributed by atoms with E-state index in [-0.39, 0.29) is 9.92 Å². The largest absolute Gasteiger partial charge is 0.309 e. The molecule has 0 fully saturated rings. The number of nitrogens with zero attached hydrogens (tertiary/aromatic N) is 3. The van der Waals surface area contributed by atoms with E-state index < -0.39 is 10.0 Å². The quantitative estimate of drug-likeness (QED) is 0.769. The van der Waals surface area contributed by atoms with E-state index in [4.69, 9.17) is 11.6 Å². The molecule has 19 heavy (non-hydrogen) atoms. The Morgan fingerprint density at radius 3 is 2.53 bits per heavy atom. The van der Waals surface area contributed by atoms with Crippen LogP contribution in [-0.4, -0.2) is 56.3 Å². The first kappa shape index (κ1) is 16.4. The molecule has 0 unspecified atom stereocenters. The third kappa shape index (κ3) is 4.42. The lowest BCUT2D eigenvalue weighted by atomic mass is 10.4. The molecular formula is C12H20ClN3O2S. The van der Waals surface area contributed by atoms with Crippen LogP contribution in [0.3, 0.4) is 0 Å². The van der Waals surface area contributed by atoms with Gasteiger partial charge in [0.15, 0.2) is 0 Å². The van der Waals surface area contributed by atoms with Crippen molar-refractivity contribution in [3.63, 3.8) is 0 Å². The molecule has 1 rings (SSSR count). The summed E-state index contributed by atoms with van der Waals surface area (Å²) in [6.07, 6.45) is 3.55. The molecular weight excluding hydrogens is 286 g/mol. The van der Waals surface area contributed by atoms with Crippen molar-refractivity contribution >= 4 is 21.6 Å². The van der Waals surface area contributed by atoms with Gasteiger partial charge in [0.25, 0.3) is 0 Å². The van der Waals surface area contributed by atoms with Crippen molar-refractivity contribution in [3.8, 4) is 0 Å². The second-order valence-electron chi connectivity index (χ2n) is 4.46. The first-order valence-corrected chi connectivity index (χ1v) is 7.95. The zero-order valence-corrected chi connectivity index (χ0v) is 13.1. The fraction of sp³-hybridized carbons (Fsp3) is 0.583. The number of hydrogen-bond donors (Lipinski definition) is 0. The Balaban J connectivity index is 2.87. The predicted molar refractivity (Wildman–Crippen MR) is 76.9 cm³/mol. The molecule has 0 spiro atoms. The lowest BCUT2D eigenvalue weighted by Gasteiger charge is -2.21. The number of aromatic nitrogens is 1. The molecule has 0 aliphatic carbocycles. The van der Waals surface area contributed by atoms with Gasteiger partial charge in [-0.05, 0) is 33.1 Å². The summed E-state index contributed by atoms with van der Waals surface area (Å²) in [4.78, 5) is 5.94. The van der Waals surface area contributed by atoms with Crippen LogP contribution in [0.4, 0.5) is 0 Å². The summed E-state index contributed by atoms with van der Waals surface area (Å²) >= 11 is 5.94. The molecule has 1 heterocycles. The highest BCUT2D eigenvalue weighted by Gasteiger charge is 2.25. The monoisotopic (exact) mass is 305 g/mol. The number of pyridine rings is 1. The van der Waals surface area contributed by atoms with Gasteiger partial charge in [0.2, 0.25) is 10.0 Å². The number of hydrogen-bond acceptors (Lipinski definition) is 4. The minimum Gasteiger partial charge on any atom is -0.309 e. The third-order valence-electron chi connectivity index (χ3n) is 2.72. The molecule has 0 aliphatic heterocycles. The molecule has 0 atom stereocenters. The Kier molecular flexibility index (Phi) is 6.19. The third-order valence-corrected chi connectivity index (χ3v) is 5.16. The van der Waals surface area contributed by atoms with Crippen LogP contribution >= 0.6 is 11.6 Å². The van der Waals surface area contributed by atoms with Gasteiger partial charge in [0, 0.05) is 25.5 Å². The van der Waals surface area contributed by atoms with E-state index in [0.717, 1.165) is 13.0 Å². The van der Waals surface area contributed by atoms with Crippen LogP contribution in [0.25, 0.3) is 0 Å². The highest BCUT2D eigenvalue weighted by Crippen LogP contribution is 2.23. The molecule has 1 aromatic heterocycles. The highest BCUT2D eigenvalue weighted by molar-refractivity contribution is 7.89. The number of halogens is 1. The summed E-state index contributed by atoms with van der Waals surface area (Å²) in [5.41, 5.74) is 0. The summed E-state index contributed by atoms with van der Waals surface area (Å²) in [5, 5.41) is 0.209. The maximum atomic E-state index is 12.4. The standard InChI is InChI=1S/C12H20ClN3O2S/c1-4-16(9-5-8-15(2)3)19(17,18)12-10-14-7-6-11(12)13/h6-7,10H,4-5,8-9H2,1-3H3. The normalized spacial score (nSPS) is 12.3. The van der Waals surface area contributed by atoms with Gasteiger partial charge in [-0.3, -0.25) is 4.98 Å². The van der Waals surface area contributed by atoms with Crippen LogP contribution in [0, 0.1) is 0 Å². The molecule has 0 aromatic carbocycles. The maximum Gasteiger partial charge on any atom is 0.246 e. The average Bonchev–Trinajstić information content (AvgIpc) is 2.34.